The van der Waals surface area contributed by atoms with Crippen molar-refractivity contribution in [2.45, 2.75) is 44.8 Å². The summed E-state index contributed by atoms with van der Waals surface area (Å²) < 4.78 is 14.1. The summed E-state index contributed by atoms with van der Waals surface area (Å²) in [7, 11) is 0. The minimum Gasteiger partial charge on any atom is -0.344 e. The molecule has 2 atom stereocenters. The Kier molecular flexibility index (Phi) is 5.58. The normalized spacial score (nSPS) is 19.4. The number of fused-ring (bicyclic) bond motifs is 1. The van der Waals surface area contributed by atoms with Crippen molar-refractivity contribution in [2.24, 2.45) is 0 Å². The molecule has 2 heterocycles. The van der Waals surface area contributed by atoms with Crippen LogP contribution in [-0.4, -0.2) is 39.3 Å². The van der Waals surface area contributed by atoms with Gasteiger partial charge in [-0.2, -0.15) is 0 Å². The van der Waals surface area contributed by atoms with Gasteiger partial charge in [-0.3, -0.25) is 24.2 Å². The van der Waals surface area contributed by atoms with Gasteiger partial charge in [0.2, 0.25) is 0 Å². The standard InChI is InChI=1S/C22H19ClFN3O4/c1-11(20-17(24)7-14(23)9-25-20)26-21(30)12-2-4-16-13(6-12)10-27(22(16)31)18-5-3-15(28)8-19(18)29/h2,4,6-7,9,11,18H,3,5,8,10H2,1H3,(H,26,30)/t11-,18?/m0/s1. The zero-order valence-electron chi connectivity index (χ0n) is 16.7. The van der Waals surface area contributed by atoms with Gasteiger partial charge in [0, 0.05) is 30.3 Å². The number of ketones is 2. The van der Waals surface area contributed by atoms with Gasteiger partial charge < -0.3 is 10.2 Å². The van der Waals surface area contributed by atoms with Gasteiger partial charge in [-0.25, -0.2) is 4.39 Å². The fourth-order valence-electron chi connectivity index (χ4n) is 4.02. The number of pyridine rings is 1. The van der Waals surface area contributed by atoms with E-state index < -0.39 is 23.8 Å². The van der Waals surface area contributed by atoms with E-state index in [2.05, 4.69) is 10.3 Å². The predicted octanol–water partition coefficient (Wildman–Crippen LogP) is 3.01. The zero-order chi connectivity index (χ0) is 22.3. The maximum atomic E-state index is 14.1. The van der Waals surface area contributed by atoms with Crippen LogP contribution in [0.5, 0.6) is 0 Å². The van der Waals surface area contributed by atoms with Crippen LogP contribution in [0, 0.1) is 5.82 Å². The number of halogens is 2. The first kappa shape index (κ1) is 21.1. The monoisotopic (exact) mass is 443 g/mol. The summed E-state index contributed by atoms with van der Waals surface area (Å²) in [4.78, 5) is 54.6. The van der Waals surface area contributed by atoms with Crippen molar-refractivity contribution in [3.8, 4) is 0 Å². The van der Waals surface area contributed by atoms with Crippen LogP contribution in [0.1, 0.15) is 64.2 Å². The summed E-state index contributed by atoms with van der Waals surface area (Å²) in [6, 6.07) is 4.47. The van der Waals surface area contributed by atoms with E-state index in [0.29, 0.717) is 23.1 Å². The lowest BCUT2D eigenvalue weighted by Crippen LogP contribution is -2.44. The number of carbonyl (C=O) groups is 4. The number of amides is 2. The summed E-state index contributed by atoms with van der Waals surface area (Å²) in [6.07, 6.45) is 1.75. The lowest BCUT2D eigenvalue weighted by molar-refractivity contribution is -0.133. The highest BCUT2D eigenvalue weighted by atomic mass is 35.5. The molecule has 2 amide bonds. The van der Waals surface area contributed by atoms with Gasteiger partial charge in [0.05, 0.1) is 29.2 Å². The number of Topliss-reactive ketones (excluding diaryl/α,β-unsaturated/α-hetero) is 2. The fraction of sp³-hybridized carbons (Fsp3) is 0.318. The number of hydrogen-bond donors (Lipinski definition) is 1. The molecule has 1 fully saturated rings. The average molecular weight is 444 g/mol. The smallest absolute Gasteiger partial charge is 0.255 e. The lowest BCUT2D eigenvalue weighted by atomic mass is 9.92. The maximum Gasteiger partial charge on any atom is 0.255 e. The SMILES string of the molecule is C[C@H](NC(=O)c1ccc2c(c1)CN(C1CCC(=O)CC1=O)C2=O)c1ncc(Cl)cc1F. The van der Waals surface area contributed by atoms with Crippen LogP contribution in [0.4, 0.5) is 4.39 Å². The van der Waals surface area contributed by atoms with Gasteiger partial charge in [0.1, 0.15) is 11.6 Å². The first-order valence-electron chi connectivity index (χ1n) is 9.84. The Balaban J connectivity index is 1.49. The van der Waals surface area contributed by atoms with Gasteiger partial charge in [-0.1, -0.05) is 11.6 Å². The Bertz CT molecular complexity index is 1120. The lowest BCUT2D eigenvalue weighted by Gasteiger charge is -2.29. The average Bonchev–Trinajstić information content (AvgIpc) is 3.03. The second-order valence-electron chi connectivity index (χ2n) is 7.76. The van der Waals surface area contributed by atoms with Crippen molar-refractivity contribution in [1.29, 1.82) is 0 Å². The van der Waals surface area contributed by atoms with Crippen molar-refractivity contribution in [2.75, 3.05) is 0 Å². The number of carbonyl (C=O) groups excluding carboxylic acids is 4. The Labute approximate surface area is 182 Å². The molecular formula is C22H19ClFN3O4. The zero-order valence-corrected chi connectivity index (χ0v) is 17.4. The minimum absolute atomic E-state index is 0.0608. The molecule has 1 saturated carbocycles. The number of rotatable bonds is 4. The highest BCUT2D eigenvalue weighted by Gasteiger charge is 2.39. The molecule has 1 aliphatic carbocycles. The Morgan fingerprint density at radius 3 is 2.77 bits per heavy atom. The third-order valence-corrected chi connectivity index (χ3v) is 5.82. The molecule has 2 aromatic rings. The first-order valence-corrected chi connectivity index (χ1v) is 10.2. The Morgan fingerprint density at radius 2 is 2.06 bits per heavy atom. The summed E-state index contributed by atoms with van der Waals surface area (Å²) in [5, 5.41) is 2.85. The van der Waals surface area contributed by atoms with Crippen LogP contribution >= 0.6 is 11.6 Å². The molecule has 1 aromatic carbocycles. The fourth-order valence-corrected chi connectivity index (χ4v) is 4.16. The van der Waals surface area contributed by atoms with Gasteiger partial charge in [0.15, 0.2) is 5.78 Å². The topological polar surface area (TPSA) is 96.4 Å². The second-order valence-corrected chi connectivity index (χ2v) is 8.19. The molecule has 0 saturated heterocycles. The molecule has 1 unspecified atom stereocenters. The van der Waals surface area contributed by atoms with Crippen LogP contribution in [0.2, 0.25) is 5.02 Å². The van der Waals surface area contributed by atoms with E-state index in [9.17, 15) is 23.6 Å². The number of benzene rings is 1. The van der Waals surface area contributed by atoms with Crippen LogP contribution < -0.4 is 5.32 Å². The molecule has 1 N–H and O–H groups in total. The minimum atomic E-state index is -0.700. The van der Waals surface area contributed by atoms with E-state index in [0.717, 1.165) is 6.07 Å². The van der Waals surface area contributed by atoms with Crippen molar-refractivity contribution < 1.29 is 23.6 Å². The number of nitrogens with zero attached hydrogens (tertiary/aromatic N) is 2. The molecule has 9 heteroatoms. The molecule has 0 spiro atoms. The third-order valence-electron chi connectivity index (χ3n) is 5.61. The molecular weight excluding hydrogens is 425 g/mol. The van der Waals surface area contributed by atoms with Gasteiger partial charge in [-0.15, -0.1) is 0 Å². The molecule has 1 aromatic heterocycles. The van der Waals surface area contributed by atoms with Crippen molar-refractivity contribution in [3.05, 3.63) is 63.7 Å². The first-order chi connectivity index (χ1) is 14.7. The van der Waals surface area contributed by atoms with Crippen LogP contribution in [0.15, 0.2) is 30.5 Å². The summed E-state index contributed by atoms with van der Waals surface area (Å²) >= 11 is 5.71. The quantitative estimate of drug-likeness (QED) is 0.733. The Morgan fingerprint density at radius 1 is 1.29 bits per heavy atom. The number of hydrogen-bond acceptors (Lipinski definition) is 5. The van der Waals surface area contributed by atoms with E-state index >= 15 is 0 Å². The Hall–Kier alpha value is -3.13. The highest BCUT2D eigenvalue weighted by molar-refractivity contribution is 6.30. The van der Waals surface area contributed by atoms with Crippen molar-refractivity contribution in [1.82, 2.24) is 15.2 Å². The molecule has 2 aliphatic rings. The van der Waals surface area contributed by atoms with Gasteiger partial charge in [-0.05, 0) is 43.2 Å². The molecule has 160 valence electrons. The summed E-state index contributed by atoms with van der Waals surface area (Å²) in [6.45, 7) is 1.80. The van der Waals surface area contributed by atoms with E-state index in [1.54, 1.807) is 19.1 Å². The third kappa shape index (κ3) is 4.07. The van der Waals surface area contributed by atoms with Crippen LogP contribution in [0.25, 0.3) is 0 Å². The molecule has 7 nitrogen and oxygen atoms in total. The van der Waals surface area contributed by atoms with Crippen molar-refractivity contribution >= 4 is 35.0 Å². The summed E-state index contributed by atoms with van der Waals surface area (Å²) in [5.41, 5.74) is 1.43. The van der Waals surface area contributed by atoms with Crippen LogP contribution in [-0.2, 0) is 16.1 Å². The van der Waals surface area contributed by atoms with Gasteiger partial charge in [0.25, 0.3) is 11.8 Å². The van der Waals surface area contributed by atoms with Crippen LogP contribution in [0.3, 0.4) is 0 Å². The van der Waals surface area contributed by atoms with E-state index in [-0.39, 0.29) is 47.6 Å². The maximum absolute atomic E-state index is 14.1. The second kappa shape index (κ2) is 8.19. The van der Waals surface area contributed by atoms with E-state index in [1.807, 2.05) is 0 Å². The number of nitrogens with one attached hydrogen (secondary N) is 1. The van der Waals surface area contributed by atoms with Gasteiger partial charge >= 0.3 is 0 Å². The molecule has 0 radical (unpaired) electrons. The van der Waals surface area contributed by atoms with Crippen molar-refractivity contribution in [3.63, 3.8) is 0 Å². The highest BCUT2D eigenvalue weighted by Crippen LogP contribution is 2.29. The van der Waals surface area contributed by atoms with E-state index in [4.69, 9.17) is 11.6 Å². The predicted molar refractivity (Wildman–Crippen MR) is 109 cm³/mol. The number of aromatic nitrogens is 1. The molecule has 4 rings (SSSR count). The molecule has 1 aliphatic heterocycles. The molecule has 31 heavy (non-hydrogen) atoms. The van der Waals surface area contributed by atoms with E-state index in [1.165, 1.54) is 17.2 Å². The largest absolute Gasteiger partial charge is 0.344 e. The molecule has 0 bridgehead atoms. The summed E-state index contributed by atoms with van der Waals surface area (Å²) in [5.74, 6) is -1.70.